The summed E-state index contributed by atoms with van der Waals surface area (Å²) in [6.07, 6.45) is -0.288. The molecule has 0 amide bonds. The summed E-state index contributed by atoms with van der Waals surface area (Å²) in [5.74, 6) is -0.861. The first-order valence-electron chi connectivity index (χ1n) is 14.2. The molecule has 2 heterocycles. The standard InChI is InChI=1S/C27H48N5O9P/c1-9-38-24(34)19(13-16(3)4)30-42(37,31-20(14-17(5)6)25(35)39-10-2)40-15-21-23(33)27(8,36)26(41-21)32-12-11-22(28)29-18(32)7/h11-12,16-17,19-21,23,26,33,36H,7,9-10,13-15H2,1-6,8H3,(H2,28,29)(H2,30,31,37)/t19?,20?,21-,23?,26-,27+,42?/m1/s1. The molecule has 240 valence electrons. The van der Waals surface area contributed by atoms with Crippen LogP contribution in [0.5, 0.6) is 0 Å². The molecule has 0 aromatic rings. The number of esters is 2. The van der Waals surface area contributed by atoms with Gasteiger partial charge in [-0.3, -0.25) is 14.2 Å². The number of ether oxygens (including phenoxy) is 3. The fraction of sp³-hybridized carbons (Fsp3) is 0.741. The molecule has 6 atom stereocenters. The number of aliphatic hydroxyl groups excluding tert-OH is 1. The molecule has 2 aliphatic rings. The molecule has 0 aliphatic carbocycles. The Morgan fingerprint density at radius 1 is 1.14 bits per heavy atom. The van der Waals surface area contributed by atoms with Crippen LogP contribution in [-0.2, 0) is 32.9 Å². The molecule has 1 saturated heterocycles. The Morgan fingerprint density at radius 2 is 1.64 bits per heavy atom. The average molecular weight is 618 g/mol. The van der Waals surface area contributed by atoms with E-state index in [4.69, 9.17) is 24.5 Å². The molecule has 14 nitrogen and oxygen atoms in total. The highest BCUT2D eigenvalue weighted by Gasteiger charge is 2.55. The predicted molar refractivity (Wildman–Crippen MR) is 157 cm³/mol. The number of rotatable bonds is 16. The van der Waals surface area contributed by atoms with E-state index >= 15 is 0 Å². The number of aliphatic imine (C=N–C) groups is 1. The third-order valence-corrected chi connectivity index (χ3v) is 8.41. The van der Waals surface area contributed by atoms with Crippen molar-refractivity contribution in [3.05, 3.63) is 24.7 Å². The third-order valence-electron chi connectivity index (χ3n) is 6.60. The topological polar surface area (TPSA) is 194 Å². The summed E-state index contributed by atoms with van der Waals surface area (Å²) in [5, 5.41) is 27.7. The third kappa shape index (κ3) is 9.60. The lowest BCUT2D eigenvalue weighted by Crippen LogP contribution is -2.51. The van der Waals surface area contributed by atoms with Crippen LogP contribution in [0, 0.1) is 11.8 Å². The molecular weight excluding hydrogens is 569 g/mol. The van der Waals surface area contributed by atoms with Gasteiger partial charge in [0.05, 0.1) is 19.8 Å². The summed E-state index contributed by atoms with van der Waals surface area (Å²) in [4.78, 5) is 31.1. The van der Waals surface area contributed by atoms with Gasteiger partial charge in [-0.25, -0.2) is 15.2 Å². The van der Waals surface area contributed by atoms with Crippen molar-refractivity contribution in [2.75, 3.05) is 19.8 Å². The zero-order chi connectivity index (χ0) is 31.8. The summed E-state index contributed by atoms with van der Waals surface area (Å²) in [6.45, 7) is 15.8. The van der Waals surface area contributed by atoms with Crippen molar-refractivity contribution in [1.82, 2.24) is 15.1 Å². The molecule has 3 unspecified atom stereocenters. The maximum absolute atomic E-state index is 14.4. The first kappa shape index (κ1) is 35.9. The SMILES string of the molecule is C=C1N=C(N)C=CN1[C@@H]1O[C@H](COP(=O)(NC(CC(C)C)C(=O)OCC)NC(CC(C)C)C(=O)OCC)C(O)[C@]1(C)O. The second-order valence-corrected chi connectivity index (χ2v) is 13.2. The van der Waals surface area contributed by atoms with E-state index in [-0.39, 0.29) is 49.5 Å². The van der Waals surface area contributed by atoms with Crippen molar-refractivity contribution in [1.29, 1.82) is 0 Å². The van der Waals surface area contributed by atoms with Crippen molar-refractivity contribution in [3.8, 4) is 0 Å². The molecule has 2 rings (SSSR count). The normalized spacial score (nSPS) is 27.1. The lowest BCUT2D eigenvalue weighted by atomic mass is 9.96. The predicted octanol–water partition coefficient (Wildman–Crippen LogP) is 1.74. The lowest BCUT2D eigenvalue weighted by Gasteiger charge is -2.35. The fourth-order valence-corrected chi connectivity index (χ4v) is 6.43. The molecule has 1 fully saturated rings. The molecule has 0 aromatic carbocycles. The van der Waals surface area contributed by atoms with Gasteiger partial charge < -0.3 is 39.6 Å². The Kier molecular flexibility index (Phi) is 13.2. The average Bonchev–Trinajstić information content (AvgIpc) is 3.10. The number of nitrogens with one attached hydrogen (secondary N) is 2. The molecule has 42 heavy (non-hydrogen) atoms. The molecule has 0 radical (unpaired) electrons. The summed E-state index contributed by atoms with van der Waals surface area (Å²) >= 11 is 0. The molecule has 0 aromatic heterocycles. The maximum Gasteiger partial charge on any atom is 0.342 e. The Labute approximate surface area is 248 Å². The monoisotopic (exact) mass is 617 g/mol. The summed E-state index contributed by atoms with van der Waals surface area (Å²) < 4.78 is 36.6. The molecule has 15 heteroatoms. The first-order chi connectivity index (χ1) is 19.5. The zero-order valence-electron chi connectivity index (χ0n) is 25.6. The minimum atomic E-state index is -4.25. The Morgan fingerprint density at radius 3 is 2.07 bits per heavy atom. The lowest BCUT2D eigenvalue weighted by molar-refractivity contribution is -0.146. The Hall–Kier alpha value is -2.32. The van der Waals surface area contributed by atoms with Crippen LogP contribution in [0.1, 0.15) is 61.3 Å². The van der Waals surface area contributed by atoms with Gasteiger partial charge in [0.15, 0.2) is 6.23 Å². The molecular formula is C27H48N5O9P. The van der Waals surface area contributed by atoms with Gasteiger partial charge in [0.1, 0.15) is 41.5 Å². The van der Waals surface area contributed by atoms with E-state index in [0.717, 1.165) is 0 Å². The van der Waals surface area contributed by atoms with E-state index in [1.807, 2.05) is 27.7 Å². The van der Waals surface area contributed by atoms with E-state index in [2.05, 4.69) is 21.7 Å². The summed E-state index contributed by atoms with van der Waals surface area (Å²) in [7, 11) is -4.25. The van der Waals surface area contributed by atoms with Gasteiger partial charge in [-0.1, -0.05) is 34.3 Å². The van der Waals surface area contributed by atoms with E-state index in [0.29, 0.717) is 0 Å². The second kappa shape index (κ2) is 15.4. The van der Waals surface area contributed by atoms with Gasteiger partial charge in [-0.15, -0.1) is 0 Å². The largest absolute Gasteiger partial charge is 0.465 e. The van der Waals surface area contributed by atoms with Gasteiger partial charge in [-0.05, 0) is 51.5 Å². The smallest absolute Gasteiger partial charge is 0.342 e. The van der Waals surface area contributed by atoms with Crippen LogP contribution >= 0.6 is 7.67 Å². The van der Waals surface area contributed by atoms with E-state index in [9.17, 15) is 24.4 Å². The van der Waals surface area contributed by atoms with Crippen molar-refractivity contribution >= 4 is 25.4 Å². The zero-order valence-corrected chi connectivity index (χ0v) is 26.5. The fourth-order valence-electron chi connectivity index (χ4n) is 4.61. The number of amidine groups is 1. The highest BCUT2D eigenvalue weighted by Crippen LogP contribution is 2.43. The van der Waals surface area contributed by atoms with Gasteiger partial charge in [-0.2, -0.15) is 0 Å². The van der Waals surface area contributed by atoms with Crippen LogP contribution in [0.4, 0.5) is 0 Å². The molecule has 0 bridgehead atoms. The van der Waals surface area contributed by atoms with Crippen molar-refractivity contribution in [2.45, 2.75) is 97.4 Å². The molecule has 0 spiro atoms. The van der Waals surface area contributed by atoms with Gasteiger partial charge in [0.25, 0.3) is 0 Å². The number of aliphatic hydroxyl groups is 2. The Bertz CT molecular complexity index is 1030. The molecule has 2 aliphatic heterocycles. The van der Waals surface area contributed by atoms with Gasteiger partial charge in [0.2, 0.25) is 0 Å². The van der Waals surface area contributed by atoms with Crippen LogP contribution in [0.25, 0.3) is 0 Å². The molecule has 6 N–H and O–H groups in total. The number of carbonyl (C=O) groups is 2. The van der Waals surface area contributed by atoms with E-state index in [1.54, 1.807) is 13.8 Å². The van der Waals surface area contributed by atoms with Gasteiger partial charge >= 0.3 is 19.6 Å². The van der Waals surface area contributed by atoms with Crippen LogP contribution in [-0.4, -0.2) is 88.8 Å². The second-order valence-electron chi connectivity index (χ2n) is 11.3. The quantitative estimate of drug-likeness (QED) is 0.124. The van der Waals surface area contributed by atoms with Crippen molar-refractivity contribution in [2.24, 2.45) is 22.6 Å². The van der Waals surface area contributed by atoms with Crippen LogP contribution in [0.2, 0.25) is 0 Å². The van der Waals surface area contributed by atoms with Crippen LogP contribution in [0.15, 0.2) is 29.7 Å². The minimum absolute atomic E-state index is 0.00936. The van der Waals surface area contributed by atoms with Gasteiger partial charge in [0, 0.05) is 6.20 Å². The van der Waals surface area contributed by atoms with E-state index in [1.165, 1.54) is 24.1 Å². The summed E-state index contributed by atoms with van der Waals surface area (Å²) in [5.41, 5.74) is 3.89. The first-order valence-corrected chi connectivity index (χ1v) is 15.9. The summed E-state index contributed by atoms with van der Waals surface area (Å²) in [6, 6.07) is -2.08. The maximum atomic E-state index is 14.4. The number of nitrogens with zero attached hydrogens (tertiary/aromatic N) is 2. The number of nitrogens with two attached hydrogens (primary N) is 1. The van der Waals surface area contributed by atoms with Crippen LogP contribution < -0.4 is 15.9 Å². The molecule has 0 saturated carbocycles. The van der Waals surface area contributed by atoms with Crippen molar-refractivity contribution in [3.63, 3.8) is 0 Å². The highest BCUT2D eigenvalue weighted by molar-refractivity contribution is 7.54. The van der Waals surface area contributed by atoms with E-state index < -0.39 is 62.3 Å². The number of carbonyl (C=O) groups excluding carboxylic acids is 2. The van der Waals surface area contributed by atoms with Crippen LogP contribution in [0.3, 0.4) is 0 Å². The number of hydrogen-bond acceptors (Lipinski definition) is 12. The number of hydrogen-bond donors (Lipinski definition) is 5. The Balaban J connectivity index is 2.36. The highest BCUT2D eigenvalue weighted by atomic mass is 31.2. The minimum Gasteiger partial charge on any atom is -0.465 e. The van der Waals surface area contributed by atoms with Crippen molar-refractivity contribution < 1.29 is 43.1 Å².